The second-order valence-electron chi connectivity index (χ2n) is 4.73. The van der Waals surface area contributed by atoms with Crippen LogP contribution in [-0.2, 0) is 0 Å². The minimum Gasteiger partial charge on any atom is -0.396 e. The number of nitrogens with one attached hydrogen (secondary N) is 1. The van der Waals surface area contributed by atoms with Gasteiger partial charge in [-0.25, -0.2) is 4.98 Å². The van der Waals surface area contributed by atoms with Crippen LogP contribution in [0.15, 0.2) is 12.4 Å². The van der Waals surface area contributed by atoms with Crippen molar-refractivity contribution in [3.05, 3.63) is 18.2 Å². The van der Waals surface area contributed by atoms with E-state index in [0.29, 0.717) is 0 Å². The fraction of sp³-hybridized carbons (Fsp3) is 0.545. The van der Waals surface area contributed by atoms with Gasteiger partial charge < -0.3 is 10.4 Å². The van der Waals surface area contributed by atoms with Gasteiger partial charge in [0.2, 0.25) is 5.65 Å². The van der Waals surface area contributed by atoms with Gasteiger partial charge in [0.1, 0.15) is 5.82 Å². The number of aliphatic hydroxyl groups is 1. The standard InChI is InChI=1S/C11H15N5O/c1-8-14-15-10-9(12-4-5-16(8)10)13-6-11(7-17)2-3-11/h4-5,17H,2-3,6-7H2,1H3,(H,12,13). The van der Waals surface area contributed by atoms with Crippen LogP contribution in [0, 0.1) is 12.3 Å². The summed E-state index contributed by atoms with van der Waals surface area (Å²) >= 11 is 0. The molecule has 1 saturated carbocycles. The van der Waals surface area contributed by atoms with Crippen molar-refractivity contribution in [3.8, 4) is 0 Å². The first-order valence-corrected chi connectivity index (χ1v) is 5.75. The Balaban J connectivity index is 1.85. The normalized spacial score (nSPS) is 17.3. The summed E-state index contributed by atoms with van der Waals surface area (Å²) in [6, 6.07) is 0. The van der Waals surface area contributed by atoms with Crippen LogP contribution in [0.3, 0.4) is 0 Å². The molecular weight excluding hydrogens is 218 g/mol. The lowest BCUT2D eigenvalue weighted by Gasteiger charge is -2.13. The van der Waals surface area contributed by atoms with E-state index in [1.807, 2.05) is 17.5 Å². The van der Waals surface area contributed by atoms with Crippen molar-refractivity contribution in [1.82, 2.24) is 19.6 Å². The molecular formula is C11H15N5O. The molecule has 1 aliphatic rings. The van der Waals surface area contributed by atoms with E-state index in [0.717, 1.165) is 36.7 Å². The second-order valence-corrected chi connectivity index (χ2v) is 4.73. The number of rotatable bonds is 4. The monoisotopic (exact) mass is 233 g/mol. The first-order chi connectivity index (χ1) is 8.24. The zero-order valence-corrected chi connectivity index (χ0v) is 9.72. The first kappa shape index (κ1) is 10.5. The molecule has 17 heavy (non-hydrogen) atoms. The van der Waals surface area contributed by atoms with Gasteiger partial charge >= 0.3 is 0 Å². The molecule has 0 radical (unpaired) electrons. The third-order valence-corrected chi connectivity index (χ3v) is 3.42. The van der Waals surface area contributed by atoms with Gasteiger partial charge in [-0.05, 0) is 19.8 Å². The maximum atomic E-state index is 9.26. The molecule has 0 amide bonds. The zero-order chi connectivity index (χ0) is 11.9. The Morgan fingerprint density at radius 2 is 2.29 bits per heavy atom. The lowest BCUT2D eigenvalue weighted by Crippen LogP contribution is -2.20. The third kappa shape index (κ3) is 1.74. The van der Waals surface area contributed by atoms with Crippen molar-refractivity contribution >= 4 is 11.5 Å². The zero-order valence-electron chi connectivity index (χ0n) is 9.72. The molecule has 90 valence electrons. The Bertz CT molecular complexity index is 546. The average Bonchev–Trinajstić information content (AvgIpc) is 3.05. The number of hydrogen-bond acceptors (Lipinski definition) is 5. The van der Waals surface area contributed by atoms with Crippen molar-refractivity contribution in [2.75, 3.05) is 18.5 Å². The third-order valence-electron chi connectivity index (χ3n) is 3.42. The summed E-state index contributed by atoms with van der Waals surface area (Å²) in [6.07, 6.45) is 5.72. The van der Waals surface area contributed by atoms with E-state index >= 15 is 0 Å². The van der Waals surface area contributed by atoms with Crippen LogP contribution < -0.4 is 5.32 Å². The summed E-state index contributed by atoms with van der Waals surface area (Å²) in [5.41, 5.74) is 0.794. The molecule has 3 rings (SSSR count). The fourth-order valence-corrected chi connectivity index (χ4v) is 1.91. The van der Waals surface area contributed by atoms with Crippen molar-refractivity contribution in [3.63, 3.8) is 0 Å². The predicted molar refractivity (Wildman–Crippen MR) is 62.8 cm³/mol. The smallest absolute Gasteiger partial charge is 0.203 e. The molecule has 2 heterocycles. The van der Waals surface area contributed by atoms with Gasteiger partial charge in [-0.1, -0.05) is 0 Å². The van der Waals surface area contributed by atoms with Gasteiger partial charge in [0.25, 0.3) is 0 Å². The van der Waals surface area contributed by atoms with E-state index in [9.17, 15) is 5.11 Å². The molecule has 0 saturated heterocycles. The minimum absolute atomic E-state index is 0.0591. The quantitative estimate of drug-likeness (QED) is 0.809. The molecule has 0 atom stereocenters. The Labute approximate surface area is 98.7 Å². The summed E-state index contributed by atoms with van der Waals surface area (Å²) < 4.78 is 1.90. The van der Waals surface area contributed by atoms with Crippen molar-refractivity contribution in [1.29, 1.82) is 0 Å². The van der Waals surface area contributed by atoms with Crippen LogP contribution in [-0.4, -0.2) is 37.8 Å². The van der Waals surface area contributed by atoms with Gasteiger partial charge in [-0.15, -0.1) is 10.2 Å². The summed E-state index contributed by atoms with van der Waals surface area (Å²) in [4.78, 5) is 4.27. The molecule has 0 aliphatic heterocycles. The van der Waals surface area contributed by atoms with Gasteiger partial charge in [0.15, 0.2) is 5.82 Å². The summed E-state index contributed by atoms with van der Waals surface area (Å²) in [7, 11) is 0. The number of aryl methyl sites for hydroxylation is 1. The Morgan fingerprint density at radius 3 is 3.00 bits per heavy atom. The van der Waals surface area contributed by atoms with Crippen LogP contribution >= 0.6 is 0 Å². The minimum atomic E-state index is 0.0591. The van der Waals surface area contributed by atoms with Crippen LogP contribution in [0.25, 0.3) is 5.65 Å². The SMILES string of the molecule is Cc1nnc2c(NCC3(CO)CC3)nccn12. The highest BCUT2D eigenvalue weighted by Gasteiger charge is 2.41. The Kier molecular flexibility index (Phi) is 2.25. The topological polar surface area (TPSA) is 75.3 Å². The number of nitrogens with zero attached hydrogens (tertiary/aromatic N) is 4. The lowest BCUT2D eigenvalue weighted by molar-refractivity contribution is 0.219. The van der Waals surface area contributed by atoms with E-state index in [1.54, 1.807) is 6.20 Å². The highest BCUT2D eigenvalue weighted by atomic mass is 16.3. The highest BCUT2D eigenvalue weighted by Crippen LogP contribution is 2.44. The van der Waals surface area contributed by atoms with Crippen molar-refractivity contribution in [2.45, 2.75) is 19.8 Å². The molecule has 6 nitrogen and oxygen atoms in total. The number of aliphatic hydroxyl groups excluding tert-OH is 1. The molecule has 2 aromatic heterocycles. The molecule has 0 unspecified atom stereocenters. The molecule has 1 fully saturated rings. The van der Waals surface area contributed by atoms with Crippen LogP contribution in [0.4, 0.5) is 5.82 Å². The summed E-state index contributed by atoms with van der Waals surface area (Å²) in [5.74, 6) is 1.57. The average molecular weight is 233 g/mol. The van der Waals surface area contributed by atoms with Gasteiger partial charge in [0.05, 0.1) is 6.61 Å². The lowest BCUT2D eigenvalue weighted by atomic mass is 10.1. The molecule has 2 N–H and O–H groups in total. The maximum Gasteiger partial charge on any atom is 0.203 e. The fourth-order valence-electron chi connectivity index (χ4n) is 1.91. The first-order valence-electron chi connectivity index (χ1n) is 5.75. The predicted octanol–water partition coefficient (Wildman–Crippen LogP) is 0.617. The van der Waals surface area contributed by atoms with Gasteiger partial charge in [-0.2, -0.15) is 0 Å². The number of fused-ring (bicyclic) bond motifs is 1. The van der Waals surface area contributed by atoms with Crippen molar-refractivity contribution in [2.24, 2.45) is 5.41 Å². The molecule has 2 aromatic rings. The second kappa shape index (κ2) is 3.66. The van der Waals surface area contributed by atoms with Gasteiger partial charge in [0, 0.05) is 24.4 Å². The van der Waals surface area contributed by atoms with E-state index < -0.39 is 0 Å². The number of hydrogen-bond donors (Lipinski definition) is 2. The molecule has 0 spiro atoms. The molecule has 1 aliphatic carbocycles. The largest absolute Gasteiger partial charge is 0.396 e. The molecule has 0 aromatic carbocycles. The molecule has 6 heteroatoms. The van der Waals surface area contributed by atoms with Crippen LogP contribution in [0.1, 0.15) is 18.7 Å². The summed E-state index contributed by atoms with van der Waals surface area (Å²) in [5, 5.41) is 20.6. The van der Waals surface area contributed by atoms with Gasteiger partial charge in [-0.3, -0.25) is 4.40 Å². The van der Waals surface area contributed by atoms with E-state index in [1.165, 1.54) is 0 Å². The Hall–Kier alpha value is -1.69. The number of anilines is 1. The summed E-state index contributed by atoms with van der Waals surface area (Å²) in [6.45, 7) is 2.87. The van der Waals surface area contributed by atoms with E-state index in [2.05, 4.69) is 20.5 Å². The number of aromatic nitrogens is 4. The maximum absolute atomic E-state index is 9.26. The Morgan fingerprint density at radius 1 is 1.47 bits per heavy atom. The molecule has 0 bridgehead atoms. The van der Waals surface area contributed by atoms with Crippen molar-refractivity contribution < 1.29 is 5.11 Å². The van der Waals surface area contributed by atoms with E-state index in [4.69, 9.17) is 0 Å². The van der Waals surface area contributed by atoms with Crippen LogP contribution in [0.5, 0.6) is 0 Å². The van der Waals surface area contributed by atoms with Crippen LogP contribution in [0.2, 0.25) is 0 Å². The highest BCUT2D eigenvalue weighted by molar-refractivity contribution is 5.62. The van der Waals surface area contributed by atoms with E-state index in [-0.39, 0.29) is 12.0 Å².